The predicted molar refractivity (Wildman–Crippen MR) is 89.6 cm³/mol. The summed E-state index contributed by atoms with van der Waals surface area (Å²) in [6, 6.07) is 13.4. The Kier molecular flexibility index (Phi) is 6.72. The number of rotatable bonds is 9. The Bertz CT molecular complexity index is 576. The second-order valence-corrected chi connectivity index (χ2v) is 4.96. The van der Waals surface area contributed by atoms with Crippen LogP contribution in [0.4, 0.5) is 0 Å². The van der Waals surface area contributed by atoms with E-state index in [-0.39, 0.29) is 0 Å². The van der Waals surface area contributed by atoms with Gasteiger partial charge < -0.3 is 24.3 Å². The van der Waals surface area contributed by atoms with Crippen LogP contribution >= 0.6 is 0 Å². The van der Waals surface area contributed by atoms with Gasteiger partial charge in [-0.3, -0.25) is 0 Å². The lowest BCUT2D eigenvalue weighted by Crippen LogP contribution is -2.18. The molecule has 124 valence electrons. The summed E-state index contributed by atoms with van der Waals surface area (Å²) in [6.45, 7) is 2.34. The van der Waals surface area contributed by atoms with Crippen LogP contribution < -0.4 is 19.5 Å². The van der Waals surface area contributed by atoms with E-state index in [9.17, 15) is 0 Å². The van der Waals surface area contributed by atoms with E-state index < -0.39 is 0 Å². The first-order valence-electron chi connectivity index (χ1n) is 7.44. The highest BCUT2D eigenvalue weighted by atomic mass is 16.5. The summed E-state index contributed by atoms with van der Waals surface area (Å²) in [5.74, 6) is 2.82. The molecule has 0 aliphatic heterocycles. The van der Waals surface area contributed by atoms with Crippen molar-refractivity contribution in [2.24, 2.45) is 0 Å². The van der Waals surface area contributed by atoms with Crippen molar-refractivity contribution in [3.63, 3.8) is 0 Å². The molecule has 0 spiro atoms. The first-order valence-corrected chi connectivity index (χ1v) is 7.44. The Morgan fingerprint density at radius 3 is 1.96 bits per heavy atom. The average Bonchev–Trinajstić information content (AvgIpc) is 2.59. The van der Waals surface area contributed by atoms with Crippen LogP contribution in [0.5, 0.6) is 23.0 Å². The maximum Gasteiger partial charge on any atom is 0.134 e. The van der Waals surface area contributed by atoms with E-state index in [0.717, 1.165) is 18.8 Å². The fourth-order valence-electron chi connectivity index (χ4n) is 2.06. The quantitative estimate of drug-likeness (QED) is 0.720. The largest absolute Gasteiger partial charge is 0.496 e. The Morgan fingerprint density at radius 1 is 0.783 bits per heavy atom. The monoisotopic (exact) mass is 317 g/mol. The maximum atomic E-state index is 5.86. The first-order chi connectivity index (χ1) is 11.2. The average molecular weight is 317 g/mol. The second-order valence-electron chi connectivity index (χ2n) is 4.96. The van der Waals surface area contributed by atoms with Gasteiger partial charge in [-0.1, -0.05) is 12.1 Å². The lowest BCUT2D eigenvalue weighted by atomic mass is 10.2. The van der Waals surface area contributed by atoms with Crippen LogP contribution in [-0.2, 0) is 11.3 Å². The highest BCUT2D eigenvalue weighted by Crippen LogP contribution is 2.30. The Labute approximate surface area is 137 Å². The Hall–Kier alpha value is -2.24. The molecule has 0 saturated heterocycles. The highest BCUT2D eigenvalue weighted by Gasteiger charge is 2.04. The summed E-state index contributed by atoms with van der Waals surface area (Å²) in [6.07, 6.45) is 0. The van der Waals surface area contributed by atoms with Gasteiger partial charge in [-0.2, -0.15) is 0 Å². The van der Waals surface area contributed by atoms with Crippen molar-refractivity contribution >= 4 is 0 Å². The van der Waals surface area contributed by atoms with E-state index in [2.05, 4.69) is 5.32 Å². The molecule has 0 aliphatic carbocycles. The zero-order valence-corrected chi connectivity index (χ0v) is 13.8. The minimum atomic E-state index is 0.673. The van der Waals surface area contributed by atoms with Gasteiger partial charge in [0.05, 0.1) is 20.8 Å². The second kappa shape index (κ2) is 9.02. The predicted octanol–water partition coefficient (Wildman–Crippen LogP) is 3.23. The zero-order chi connectivity index (χ0) is 16.5. The van der Waals surface area contributed by atoms with E-state index in [1.54, 1.807) is 21.3 Å². The molecule has 0 atom stereocenters. The number of nitrogens with one attached hydrogen (secondary N) is 1. The third-order valence-corrected chi connectivity index (χ3v) is 3.30. The lowest BCUT2D eigenvalue weighted by Gasteiger charge is -2.10. The van der Waals surface area contributed by atoms with Crippen molar-refractivity contribution in [1.29, 1.82) is 0 Å². The molecule has 2 aromatic rings. The SMILES string of the molecule is COCCNCc1ccc(Oc2cc(OC)cc(OC)c2)cc1. The molecule has 0 radical (unpaired) electrons. The van der Waals surface area contributed by atoms with Gasteiger partial charge in [0.15, 0.2) is 0 Å². The smallest absolute Gasteiger partial charge is 0.134 e. The summed E-state index contributed by atoms with van der Waals surface area (Å²) in [4.78, 5) is 0. The summed E-state index contributed by atoms with van der Waals surface area (Å²) in [5.41, 5.74) is 1.19. The van der Waals surface area contributed by atoms with Gasteiger partial charge in [0.25, 0.3) is 0 Å². The maximum absolute atomic E-state index is 5.86. The van der Waals surface area contributed by atoms with Gasteiger partial charge in [0.1, 0.15) is 23.0 Å². The Morgan fingerprint density at radius 2 is 1.39 bits per heavy atom. The van der Waals surface area contributed by atoms with Crippen LogP contribution in [0.2, 0.25) is 0 Å². The van der Waals surface area contributed by atoms with Crippen molar-refractivity contribution in [2.75, 3.05) is 34.5 Å². The van der Waals surface area contributed by atoms with Gasteiger partial charge in [-0.05, 0) is 17.7 Å². The van der Waals surface area contributed by atoms with Crippen molar-refractivity contribution in [1.82, 2.24) is 5.32 Å². The lowest BCUT2D eigenvalue weighted by molar-refractivity contribution is 0.199. The summed E-state index contributed by atoms with van der Waals surface area (Å²) < 4.78 is 21.3. The van der Waals surface area contributed by atoms with Crippen molar-refractivity contribution in [3.05, 3.63) is 48.0 Å². The number of hydrogen-bond donors (Lipinski definition) is 1. The fourth-order valence-corrected chi connectivity index (χ4v) is 2.06. The van der Waals surface area contributed by atoms with Crippen LogP contribution in [-0.4, -0.2) is 34.5 Å². The molecule has 0 saturated carbocycles. The number of benzene rings is 2. The zero-order valence-electron chi connectivity index (χ0n) is 13.8. The van der Waals surface area contributed by atoms with Gasteiger partial charge in [0.2, 0.25) is 0 Å². The van der Waals surface area contributed by atoms with Crippen LogP contribution in [0.1, 0.15) is 5.56 Å². The highest BCUT2D eigenvalue weighted by molar-refractivity contribution is 5.44. The molecule has 0 bridgehead atoms. The van der Waals surface area contributed by atoms with Gasteiger partial charge in [-0.25, -0.2) is 0 Å². The fraction of sp³-hybridized carbons (Fsp3) is 0.333. The minimum absolute atomic E-state index is 0.673. The van der Waals surface area contributed by atoms with E-state index >= 15 is 0 Å². The number of hydrogen-bond acceptors (Lipinski definition) is 5. The van der Waals surface area contributed by atoms with E-state index in [1.165, 1.54) is 5.56 Å². The molecule has 1 N–H and O–H groups in total. The third kappa shape index (κ3) is 5.47. The van der Waals surface area contributed by atoms with Crippen LogP contribution in [0, 0.1) is 0 Å². The molecule has 0 amide bonds. The third-order valence-electron chi connectivity index (χ3n) is 3.30. The summed E-state index contributed by atoms with van der Waals surface area (Å²) >= 11 is 0. The van der Waals surface area contributed by atoms with Crippen molar-refractivity contribution in [3.8, 4) is 23.0 Å². The Balaban J connectivity index is 1.97. The van der Waals surface area contributed by atoms with Gasteiger partial charge in [-0.15, -0.1) is 0 Å². The molecule has 0 aliphatic rings. The van der Waals surface area contributed by atoms with Crippen molar-refractivity contribution < 1.29 is 18.9 Å². The molecule has 5 heteroatoms. The van der Waals surface area contributed by atoms with Crippen LogP contribution in [0.25, 0.3) is 0 Å². The van der Waals surface area contributed by atoms with Crippen molar-refractivity contribution in [2.45, 2.75) is 6.54 Å². The van der Waals surface area contributed by atoms with Gasteiger partial charge >= 0.3 is 0 Å². The minimum Gasteiger partial charge on any atom is -0.496 e. The molecule has 23 heavy (non-hydrogen) atoms. The first kappa shape index (κ1) is 17.1. The van der Waals surface area contributed by atoms with E-state index in [4.69, 9.17) is 18.9 Å². The molecule has 5 nitrogen and oxygen atoms in total. The topological polar surface area (TPSA) is 49.0 Å². The van der Waals surface area contributed by atoms with Gasteiger partial charge in [0, 0.05) is 38.4 Å². The van der Waals surface area contributed by atoms with E-state index in [1.807, 2.05) is 42.5 Å². The normalized spacial score (nSPS) is 10.4. The molecule has 2 rings (SSSR count). The number of ether oxygens (including phenoxy) is 4. The van der Waals surface area contributed by atoms with Crippen LogP contribution in [0.3, 0.4) is 0 Å². The molecule has 0 aromatic heterocycles. The van der Waals surface area contributed by atoms with E-state index in [0.29, 0.717) is 23.9 Å². The van der Waals surface area contributed by atoms with Crippen LogP contribution in [0.15, 0.2) is 42.5 Å². The molecule has 0 heterocycles. The summed E-state index contributed by atoms with van der Waals surface area (Å²) in [7, 11) is 4.93. The molecular weight excluding hydrogens is 294 g/mol. The number of methoxy groups -OCH3 is 3. The summed E-state index contributed by atoms with van der Waals surface area (Å²) in [5, 5.41) is 3.30. The molecular formula is C18H23NO4. The standard InChI is InChI=1S/C18H23NO4/c1-20-9-8-19-13-14-4-6-15(7-5-14)23-18-11-16(21-2)10-17(12-18)22-3/h4-7,10-12,19H,8-9,13H2,1-3H3. The molecule has 2 aromatic carbocycles. The molecule has 0 unspecified atom stereocenters. The molecule has 0 fully saturated rings.